The third-order valence-electron chi connectivity index (χ3n) is 2.14. The Hall–Kier alpha value is -1.37. The first-order valence-electron chi connectivity index (χ1n) is 5.23. The minimum Gasteiger partial charge on any atom is -0.262 e. The highest BCUT2D eigenvalue weighted by molar-refractivity contribution is 7.87. The molecule has 1 atom stereocenters. The van der Waals surface area contributed by atoms with Crippen LogP contribution in [0.3, 0.4) is 0 Å². The summed E-state index contributed by atoms with van der Waals surface area (Å²) in [6.45, 7) is 6.00. The topological polar surface area (TPSA) is 52.6 Å². The molecule has 0 fully saturated rings. The average Bonchev–Trinajstić information content (AvgIpc) is 2.45. The zero-order valence-electron chi connectivity index (χ0n) is 11.7. The van der Waals surface area contributed by atoms with Crippen molar-refractivity contribution >= 4 is 10.2 Å². The highest BCUT2D eigenvalue weighted by Gasteiger charge is 2.85. The minimum absolute atomic E-state index is 1.03. The Labute approximate surface area is 139 Å². The number of hydrogen-bond donors (Lipinski definition) is 0. The molecule has 0 bridgehead atoms. The van der Waals surface area contributed by atoms with E-state index in [-0.39, 0.29) is 0 Å². The highest BCUT2D eigenvalue weighted by atomic mass is 32.3. The van der Waals surface area contributed by atoms with Crippen LogP contribution in [-0.2, 0) is 19.9 Å². The molecule has 0 spiro atoms. The van der Waals surface area contributed by atoms with Crippen LogP contribution in [0.2, 0.25) is 0 Å². The van der Waals surface area contributed by atoms with Gasteiger partial charge in [0.05, 0.1) is 0 Å². The fraction of sp³-hybridized carbons (Fsp3) is 0.750. The summed E-state index contributed by atoms with van der Waals surface area (Å²) >= 11 is 0. The van der Waals surface area contributed by atoms with Gasteiger partial charge in [-0.3, -0.25) is 4.74 Å². The summed E-state index contributed by atoms with van der Waals surface area (Å²) in [6.07, 6.45) is -22.5. The number of hydrogen-bond acceptors (Lipinski definition) is 4. The number of halogens is 14. The summed E-state index contributed by atoms with van der Waals surface area (Å²) in [4.78, 5) is 1.03. The van der Waals surface area contributed by atoms with E-state index in [2.05, 4.69) is 13.2 Å². The molecule has 0 amide bonds. The van der Waals surface area contributed by atoms with Gasteiger partial charge in [0.1, 0.15) is 0 Å². The van der Waals surface area contributed by atoms with Gasteiger partial charge in [-0.2, -0.15) is 61.1 Å². The SMILES string of the molecule is C=C.O=S(=O)(F)C(F)(F)C(F)(F)C(F)(F)OC(F)(C(F)(F)F)C(F)(F)OF. The van der Waals surface area contributed by atoms with Gasteiger partial charge >= 0.3 is 45.6 Å². The summed E-state index contributed by atoms with van der Waals surface area (Å²) in [5.41, 5.74) is 0. The van der Waals surface area contributed by atoms with Crippen molar-refractivity contribution in [2.75, 3.05) is 0 Å². The van der Waals surface area contributed by atoms with Crippen LogP contribution in [0.4, 0.5) is 61.1 Å². The second kappa shape index (κ2) is 7.57. The Morgan fingerprint density at radius 2 is 1.04 bits per heavy atom. The average molecular weight is 462 g/mol. The summed E-state index contributed by atoms with van der Waals surface area (Å²) in [7, 11) is -8.02. The first kappa shape index (κ1) is 27.8. The molecule has 27 heavy (non-hydrogen) atoms. The second-order valence-corrected chi connectivity index (χ2v) is 5.22. The first-order valence-corrected chi connectivity index (χ1v) is 6.61. The van der Waals surface area contributed by atoms with E-state index in [1.54, 1.807) is 0 Å². The summed E-state index contributed by atoms with van der Waals surface area (Å²) in [5.74, 6) is -15.4. The molecule has 0 aliphatic carbocycles. The van der Waals surface area contributed by atoms with E-state index >= 15 is 0 Å². The molecule has 164 valence electrons. The Morgan fingerprint density at radius 1 is 0.704 bits per heavy atom. The van der Waals surface area contributed by atoms with E-state index in [1.165, 1.54) is 4.74 Å². The molecule has 0 rings (SSSR count). The van der Waals surface area contributed by atoms with Gasteiger partial charge in [0.15, 0.2) is 0 Å². The van der Waals surface area contributed by atoms with Crippen molar-refractivity contribution in [3.05, 3.63) is 13.2 Å². The Balaban J connectivity index is 0. The zero-order chi connectivity index (χ0) is 22.9. The summed E-state index contributed by atoms with van der Waals surface area (Å²) in [6, 6.07) is 0. The van der Waals surface area contributed by atoms with Gasteiger partial charge in [-0.25, -0.2) is 0 Å². The quantitative estimate of drug-likeness (QED) is 0.314. The van der Waals surface area contributed by atoms with Crippen LogP contribution in [0, 0.1) is 0 Å². The lowest BCUT2D eigenvalue weighted by atomic mass is 10.2. The van der Waals surface area contributed by atoms with Crippen LogP contribution >= 0.6 is 0 Å². The Kier molecular flexibility index (Phi) is 7.80. The molecule has 4 nitrogen and oxygen atoms in total. The molecule has 0 aliphatic heterocycles. The number of alkyl halides is 12. The van der Waals surface area contributed by atoms with Crippen molar-refractivity contribution in [3.8, 4) is 0 Å². The van der Waals surface area contributed by atoms with Gasteiger partial charge in [0, 0.05) is 0 Å². The van der Waals surface area contributed by atoms with Crippen LogP contribution in [0.1, 0.15) is 0 Å². The zero-order valence-corrected chi connectivity index (χ0v) is 12.6. The fourth-order valence-electron chi connectivity index (χ4n) is 0.895. The molecule has 0 N–H and O–H groups in total. The standard InChI is InChI=1S/C6F14O4S.C2H4/c7-1(8,6(17,18)25(20,21)22)4(13,14)23-2(9,3(10,11)12)5(15,16)24-19;1-2/h;1-2H2. The molecule has 0 radical (unpaired) electrons. The molecule has 1 unspecified atom stereocenters. The van der Waals surface area contributed by atoms with E-state index in [0.717, 1.165) is 4.94 Å². The monoisotopic (exact) mass is 462 g/mol. The predicted molar refractivity (Wildman–Crippen MR) is 54.2 cm³/mol. The third kappa shape index (κ3) is 4.55. The molecule has 19 heteroatoms. The van der Waals surface area contributed by atoms with Crippen LogP contribution in [-0.4, -0.2) is 43.8 Å². The minimum atomic E-state index is -8.02. The van der Waals surface area contributed by atoms with Gasteiger partial charge in [0.2, 0.25) is 0 Å². The normalized spacial score (nSPS) is 17.0. The van der Waals surface area contributed by atoms with E-state index in [9.17, 15) is 69.5 Å². The second-order valence-electron chi connectivity index (χ2n) is 3.83. The Morgan fingerprint density at radius 3 is 1.26 bits per heavy atom. The van der Waals surface area contributed by atoms with Crippen molar-refractivity contribution in [3.63, 3.8) is 0 Å². The van der Waals surface area contributed by atoms with Crippen LogP contribution in [0.5, 0.6) is 0 Å². The molecule has 0 aromatic rings. The van der Waals surface area contributed by atoms with E-state index in [0.29, 0.717) is 0 Å². The lowest BCUT2D eigenvalue weighted by Crippen LogP contribution is -2.66. The maximum absolute atomic E-state index is 13.0. The molecule has 0 aromatic heterocycles. The van der Waals surface area contributed by atoms with Crippen molar-refractivity contribution in [1.29, 1.82) is 0 Å². The molecule has 0 saturated heterocycles. The van der Waals surface area contributed by atoms with E-state index < -0.39 is 45.6 Å². The molecule has 0 aliphatic rings. The lowest BCUT2D eigenvalue weighted by Gasteiger charge is -2.37. The Bertz CT molecular complexity index is 613. The predicted octanol–water partition coefficient (Wildman–Crippen LogP) is 4.65. The summed E-state index contributed by atoms with van der Waals surface area (Å²) < 4.78 is 194. The molecule has 0 saturated carbocycles. The number of rotatable bonds is 7. The van der Waals surface area contributed by atoms with Crippen molar-refractivity contribution in [1.82, 2.24) is 0 Å². The van der Waals surface area contributed by atoms with Gasteiger partial charge < -0.3 is 0 Å². The maximum atomic E-state index is 13.0. The van der Waals surface area contributed by atoms with Gasteiger partial charge in [-0.1, -0.05) is 3.89 Å². The molecular weight excluding hydrogens is 458 g/mol. The van der Waals surface area contributed by atoms with Gasteiger partial charge in [-0.15, -0.1) is 18.1 Å². The van der Waals surface area contributed by atoms with Gasteiger partial charge in [-0.05, 0) is 4.53 Å². The summed E-state index contributed by atoms with van der Waals surface area (Å²) in [5, 5.41) is -7.58. The van der Waals surface area contributed by atoms with E-state index in [4.69, 9.17) is 0 Å². The lowest BCUT2D eigenvalue weighted by molar-refractivity contribution is -0.545. The van der Waals surface area contributed by atoms with Crippen molar-refractivity contribution < 1.29 is 79.2 Å². The highest BCUT2D eigenvalue weighted by Crippen LogP contribution is 2.55. The van der Waals surface area contributed by atoms with Crippen LogP contribution < -0.4 is 0 Å². The van der Waals surface area contributed by atoms with E-state index in [1.807, 2.05) is 0 Å². The van der Waals surface area contributed by atoms with Gasteiger partial charge in [0.25, 0.3) is 0 Å². The number of ether oxygens (including phenoxy) is 1. The molecule has 0 heterocycles. The van der Waals surface area contributed by atoms with Crippen molar-refractivity contribution in [2.24, 2.45) is 0 Å². The fourth-order valence-corrected chi connectivity index (χ4v) is 1.32. The maximum Gasteiger partial charge on any atom is 0.458 e. The third-order valence-corrected chi connectivity index (χ3v) is 3.01. The molecule has 0 aromatic carbocycles. The smallest absolute Gasteiger partial charge is 0.262 e. The van der Waals surface area contributed by atoms with Crippen molar-refractivity contribution in [2.45, 2.75) is 35.4 Å². The first-order chi connectivity index (χ1) is 11.5. The van der Waals surface area contributed by atoms with Crippen LogP contribution in [0.25, 0.3) is 0 Å². The van der Waals surface area contributed by atoms with Crippen LogP contribution in [0.15, 0.2) is 13.2 Å². The largest absolute Gasteiger partial charge is 0.458 e. The molecular formula is C8H4F14O4S.